The standard InChI is InChI=1S/C18H17F2NO3S/c19-14-5-3-4-13(10-14)11-21(15-8-9-25(23,24)12-15)18(22)16-6-1-2-7-17(16)20/h1-7,10,15H,8-9,11-12H2. The average Bonchev–Trinajstić information content (AvgIpc) is 2.92. The number of hydrogen-bond acceptors (Lipinski definition) is 3. The molecular formula is C18H17F2NO3S. The zero-order chi connectivity index (χ0) is 18.0. The molecular weight excluding hydrogens is 348 g/mol. The Morgan fingerprint density at radius 1 is 1.12 bits per heavy atom. The van der Waals surface area contributed by atoms with Gasteiger partial charge in [-0.2, -0.15) is 0 Å². The third-order valence-corrected chi connectivity index (χ3v) is 6.01. The lowest BCUT2D eigenvalue weighted by atomic mass is 10.1. The summed E-state index contributed by atoms with van der Waals surface area (Å²) >= 11 is 0. The Morgan fingerprint density at radius 3 is 2.52 bits per heavy atom. The fourth-order valence-corrected chi connectivity index (χ4v) is 4.74. The van der Waals surface area contributed by atoms with Crippen molar-refractivity contribution in [3.05, 3.63) is 71.3 Å². The van der Waals surface area contributed by atoms with E-state index in [1.165, 1.54) is 41.3 Å². The average molecular weight is 365 g/mol. The van der Waals surface area contributed by atoms with Gasteiger partial charge in [-0.25, -0.2) is 17.2 Å². The molecule has 0 N–H and O–H groups in total. The SMILES string of the molecule is O=C(c1ccccc1F)N(Cc1cccc(F)c1)C1CCS(=O)(=O)C1. The zero-order valence-electron chi connectivity index (χ0n) is 13.4. The normalized spacial score (nSPS) is 18.9. The maximum atomic E-state index is 14.0. The van der Waals surface area contributed by atoms with Gasteiger partial charge in [-0.1, -0.05) is 24.3 Å². The molecule has 1 fully saturated rings. The zero-order valence-corrected chi connectivity index (χ0v) is 14.2. The van der Waals surface area contributed by atoms with E-state index < -0.39 is 33.4 Å². The van der Waals surface area contributed by atoms with Gasteiger partial charge in [0, 0.05) is 12.6 Å². The summed E-state index contributed by atoms with van der Waals surface area (Å²) in [6.07, 6.45) is 0.290. The summed E-state index contributed by atoms with van der Waals surface area (Å²) < 4.78 is 51.1. The number of hydrogen-bond donors (Lipinski definition) is 0. The minimum Gasteiger partial charge on any atom is -0.330 e. The van der Waals surface area contributed by atoms with Gasteiger partial charge in [-0.05, 0) is 36.2 Å². The second-order valence-corrected chi connectivity index (χ2v) is 8.33. The molecule has 1 atom stereocenters. The molecule has 0 aromatic heterocycles. The summed E-state index contributed by atoms with van der Waals surface area (Å²) in [6.45, 7) is 0.0190. The largest absolute Gasteiger partial charge is 0.330 e. The van der Waals surface area contributed by atoms with Crippen LogP contribution < -0.4 is 0 Å². The first-order chi connectivity index (χ1) is 11.9. The maximum absolute atomic E-state index is 14.0. The maximum Gasteiger partial charge on any atom is 0.257 e. The van der Waals surface area contributed by atoms with Crippen molar-refractivity contribution >= 4 is 15.7 Å². The first kappa shape index (κ1) is 17.5. The van der Waals surface area contributed by atoms with E-state index in [9.17, 15) is 22.0 Å². The molecule has 1 amide bonds. The molecule has 4 nitrogen and oxygen atoms in total. The highest BCUT2D eigenvalue weighted by Gasteiger charge is 2.35. The molecule has 132 valence electrons. The number of sulfone groups is 1. The molecule has 25 heavy (non-hydrogen) atoms. The monoisotopic (exact) mass is 365 g/mol. The molecule has 0 radical (unpaired) electrons. The predicted octanol–water partition coefficient (Wildman–Crippen LogP) is 2.79. The van der Waals surface area contributed by atoms with Crippen LogP contribution >= 0.6 is 0 Å². The second kappa shape index (κ2) is 6.92. The molecule has 1 saturated heterocycles. The van der Waals surface area contributed by atoms with Crippen molar-refractivity contribution in [2.45, 2.75) is 19.0 Å². The minimum absolute atomic E-state index is 0.0120. The van der Waals surface area contributed by atoms with Gasteiger partial charge in [-0.15, -0.1) is 0 Å². The smallest absolute Gasteiger partial charge is 0.257 e. The van der Waals surface area contributed by atoms with Crippen molar-refractivity contribution in [2.75, 3.05) is 11.5 Å². The van der Waals surface area contributed by atoms with Crippen molar-refractivity contribution in [3.63, 3.8) is 0 Å². The van der Waals surface area contributed by atoms with Gasteiger partial charge in [0.25, 0.3) is 5.91 Å². The number of carbonyl (C=O) groups is 1. The molecule has 0 bridgehead atoms. The Morgan fingerprint density at radius 2 is 1.88 bits per heavy atom. The van der Waals surface area contributed by atoms with Crippen LogP contribution in [-0.4, -0.2) is 36.8 Å². The van der Waals surface area contributed by atoms with Gasteiger partial charge in [-0.3, -0.25) is 4.79 Å². The molecule has 1 aliphatic heterocycles. The summed E-state index contributed by atoms with van der Waals surface area (Å²) in [7, 11) is -3.23. The fraction of sp³-hybridized carbons (Fsp3) is 0.278. The van der Waals surface area contributed by atoms with Crippen molar-refractivity contribution < 1.29 is 22.0 Å². The quantitative estimate of drug-likeness (QED) is 0.837. The second-order valence-electron chi connectivity index (χ2n) is 6.10. The van der Waals surface area contributed by atoms with Crippen LogP contribution in [-0.2, 0) is 16.4 Å². The number of amides is 1. The summed E-state index contributed by atoms with van der Waals surface area (Å²) in [6, 6.07) is 10.7. The molecule has 0 saturated carbocycles. The van der Waals surface area contributed by atoms with Gasteiger partial charge in [0.05, 0.1) is 17.1 Å². The van der Waals surface area contributed by atoms with Crippen molar-refractivity contribution in [2.24, 2.45) is 0 Å². The summed E-state index contributed by atoms with van der Waals surface area (Å²) in [5.41, 5.74) is 0.400. The molecule has 1 heterocycles. The van der Waals surface area contributed by atoms with Crippen LogP contribution in [0.4, 0.5) is 8.78 Å². The molecule has 2 aromatic carbocycles. The Bertz CT molecular complexity index is 899. The van der Waals surface area contributed by atoms with E-state index in [2.05, 4.69) is 0 Å². The molecule has 3 rings (SSSR count). The van der Waals surface area contributed by atoms with Crippen molar-refractivity contribution in [3.8, 4) is 0 Å². The highest BCUT2D eigenvalue weighted by molar-refractivity contribution is 7.91. The van der Waals surface area contributed by atoms with E-state index in [4.69, 9.17) is 0 Å². The summed E-state index contributed by atoms with van der Waals surface area (Å²) in [5, 5.41) is 0. The van der Waals surface area contributed by atoms with Crippen LogP contribution in [0.1, 0.15) is 22.3 Å². The molecule has 0 aliphatic carbocycles. The van der Waals surface area contributed by atoms with E-state index in [1.54, 1.807) is 12.1 Å². The lowest BCUT2D eigenvalue weighted by Gasteiger charge is -2.28. The molecule has 0 spiro atoms. The van der Waals surface area contributed by atoms with Crippen molar-refractivity contribution in [1.29, 1.82) is 0 Å². The van der Waals surface area contributed by atoms with E-state index >= 15 is 0 Å². The number of benzene rings is 2. The van der Waals surface area contributed by atoms with Crippen LogP contribution in [0, 0.1) is 11.6 Å². The van der Waals surface area contributed by atoms with Gasteiger partial charge >= 0.3 is 0 Å². The van der Waals surface area contributed by atoms with E-state index in [0.29, 0.717) is 5.56 Å². The van der Waals surface area contributed by atoms with Crippen LogP contribution in [0.2, 0.25) is 0 Å². The Kier molecular flexibility index (Phi) is 4.85. The van der Waals surface area contributed by atoms with Gasteiger partial charge in [0.15, 0.2) is 9.84 Å². The Hall–Kier alpha value is -2.28. The fourth-order valence-electron chi connectivity index (χ4n) is 3.01. The minimum atomic E-state index is -3.23. The van der Waals surface area contributed by atoms with E-state index in [1.807, 2.05) is 0 Å². The summed E-state index contributed by atoms with van der Waals surface area (Å²) in [5.74, 6) is -1.89. The lowest BCUT2D eigenvalue weighted by Crippen LogP contribution is -2.41. The van der Waals surface area contributed by atoms with Crippen LogP contribution in [0.15, 0.2) is 48.5 Å². The van der Waals surface area contributed by atoms with Gasteiger partial charge in [0.2, 0.25) is 0 Å². The highest BCUT2D eigenvalue weighted by Crippen LogP contribution is 2.23. The first-order valence-corrected chi connectivity index (χ1v) is 9.68. The number of nitrogens with zero attached hydrogens (tertiary/aromatic N) is 1. The van der Waals surface area contributed by atoms with Crippen molar-refractivity contribution in [1.82, 2.24) is 4.90 Å². The Labute approximate surface area is 145 Å². The Balaban J connectivity index is 1.94. The molecule has 2 aromatic rings. The number of halogens is 2. The lowest BCUT2D eigenvalue weighted by molar-refractivity contribution is 0.0676. The van der Waals surface area contributed by atoms with Gasteiger partial charge in [0.1, 0.15) is 11.6 Å². The van der Waals surface area contributed by atoms with Gasteiger partial charge < -0.3 is 4.90 Å². The van der Waals surface area contributed by atoms with Crippen LogP contribution in [0.3, 0.4) is 0 Å². The highest BCUT2D eigenvalue weighted by atomic mass is 32.2. The summed E-state index contributed by atoms with van der Waals surface area (Å²) in [4.78, 5) is 14.2. The third kappa shape index (κ3) is 4.04. The predicted molar refractivity (Wildman–Crippen MR) is 89.7 cm³/mol. The molecule has 1 aliphatic rings. The first-order valence-electron chi connectivity index (χ1n) is 7.86. The van der Waals surface area contributed by atoms with E-state index in [-0.39, 0.29) is 30.0 Å². The molecule has 1 unspecified atom stereocenters. The molecule has 7 heteroatoms. The number of rotatable bonds is 4. The topological polar surface area (TPSA) is 54.5 Å². The van der Waals surface area contributed by atoms with E-state index in [0.717, 1.165) is 0 Å². The van der Waals surface area contributed by atoms with Crippen LogP contribution in [0.5, 0.6) is 0 Å². The number of carbonyl (C=O) groups excluding carboxylic acids is 1. The van der Waals surface area contributed by atoms with Crippen LogP contribution in [0.25, 0.3) is 0 Å². The third-order valence-electron chi connectivity index (χ3n) is 4.26.